The number of aryl methyl sites for hydroxylation is 1. The molecule has 5 nitrogen and oxygen atoms in total. The van der Waals surface area contributed by atoms with Gasteiger partial charge in [-0.15, -0.1) is 0 Å². The minimum atomic E-state index is -0.110. The van der Waals surface area contributed by atoms with E-state index in [1.807, 2.05) is 54.7 Å². The third-order valence-corrected chi connectivity index (χ3v) is 7.38. The third-order valence-electron chi connectivity index (χ3n) is 6.22. The van der Waals surface area contributed by atoms with Gasteiger partial charge in [-0.25, -0.2) is 0 Å². The molecule has 1 aliphatic heterocycles. The zero-order valence-corrected chi connectivity index (χ0v) is 21.1. The van der Waals surface area contributed by atoms with Crippen molar-refractivity contribution < 1.29 is 0 Å². The van der Waals surface area contributed by atoms with Crippen LogP contribution < -0.4 is 5.32 Å². The molecular formula is C26H23Cl2N5S. The summed E-state index contributed by atoms with van der Waals surface area (Å²) in [5.41, 5.74) is 6.02. The summed E-state index contributed by atoms with van der Waals surface area (Å²) in [6, 6.07) is 19.6. The maximum Gasteiger partial charge on any atom is 0.170 e. The second-order valence-electron chi connectivity index (χ2n) is 8.31. The van der Waals surface area contributed by atoms with Crippen molar-refractivity contribution in [2.24, 2.45) is 0 Å². The summed E-state index contributed by atoms with van der Waals surface area (Å²) in [4.78, 5) is 11.4. The molecule has 5 rings (SSSR count). The molecule has 1 saturated heterocycles. The predicted octanol–water partition coefficient (Wildman–Crippen LogP) is 6.36. The van der Waals surface area contributed by atoms with Crippen LogP contribution in [-0.4, -0.2) is 24.5 Å². The molecule has 0 amide bonds. The number of thiocarbonyl (C=S) groups is 1. The zero-order valence-electron chi connectivity index (χ0n) is 18.7. The lowest BCUT2D eigenvalue weighted by Gasteiger charge is -2.28. The van der Waals surface area contributed by atoms with Crippen molar-refractivity contribution in [3.05, 3.63) is 111 Å². The molecule has 1 fully saturated rings. The fraction of sp³-hybridized carbons (Fsp3) is 0.192. The van der Waals surface area contributed by atoms with Crippen molar-refractivity contribution in [1.82, 2.24) is 24.8 Å². The second kappa shape index (κ2) is 9.37. The Balaban J connectivity index is 1.64. The molecule has 1 aromatic carbocycles. The number of aromatic nitrogens is 3. The quantitative estimate of drug-likeness (QED) is 0.318. The Labute approximate surface area is 214 Å². The molecule has 2 atom stereocenters. The summed E-state index contributed by atoms with van der Waals surface area (Å²) in [6.45, 7) is 4.77. The average molecular weight is 508 g/mol. The first-order chi connectivity index (χ1) is 16.5. The Bertz CT molecular complexity index is 1340. The molecular weight excluding hydrogens is 485 g/mol. The lowest BCUT2D eigenvalue weighted by Crippen LogP contribution is -2.29. The van der Waals surface area contributed by atoms with Crippen LogP contribution in [0.2, 0.25) is 10.0 Å². The lowest BCUT2D eigenvalue weighted by atomic mass is 9.96. The van der Waals surface area contributed by atoms with Gasteiger partial charge in [-0.1, -0.05) is 41.4 Å². The average Bonchev–Trinajstić information content (AvgIpc) is 3.32. The minimum absolute atomic E-state index is 0.0812. The normalized spacial score (nSPS) is 17.8. The van der Waals surface area contributed by atoms with Gasteiger partial charge in [-0.3, -0.25) is 9.97 Å². The van der Waals surface area contributed by atoms with Gasteiger partial charge in [-0.05, 0) is 74.1 Å². The fourth-order valence-electron chi connectivity index (χ4n) is 4.70. The second-order valence-corrected chi connectivity index (χ2v) is 9.48. The molecule has 4 aromatic rings. The van der Waals surface area contributed by atoms with E-state index in [1.54, 1.807) is 12.3 Å². The molecule has 1 aliphatic rings. The van der Waals surface area contributed by atoms with E-state index in [1.165, 1.54) is 0 Å². The van der Waals surface area contributed by atoms with Gasteiger partial charge < -0.3 is 14.8 Å². The number of nitrogens with zero attached hydrogens (tertiary/aromatic N) is 4. The number of benzene rings is 1. The van der Waals surface area contributed by atoms with Crippen molar-refractivity contribution in [3.63, 3.8) is 0 Å². The Kier molecular flexibility index (Phi) is 6.30. The maximum absolute atomic E-state index is 6.61. The van der Waals surface area contributed by atoms with E-state index in [0.717, 1.165) is 34.0 Å². The van der Waals surface area contributed by atoms with Gasteiger partial charge in [0.05, 0.1) is 45.7 Å². The van der Waals surface area contributed by atoms with Gasteiger partial charge in [0.15, 0.2) is 5.11 Å². The Hall–Kier alpha value is -2.93. The Morgan fingerprint density at radius 3 is 2.44 bits per heavy atom. The van der Waals surface area contributed by atoms with Crippen LogP contribution in [0.1, 0.15) is 40.4 Å². The number of hydrogen-bond acceptors (Lipinski definition) is 3. The SMILES string of the molecule is Cc1cc([C@H]2[C@@H](c3ccccn3)NC(=S)N2Cc2ccccn2)c(C)n1-c1cccc(Cl)c1Cl. The molecule has 3 aromatic heterocycles. The van der Waals surface area contributed by atoms with Crippen LogP contribution in [-0.2, 0) is 6.54 Å². The first-order valence-corrected chi connectivity index (χ1v) is 12.1. The predicted molar refractivity (Wildman–Crippen MR) is 140 cm³/mol. The molecule has 34 heavy (non-hydrogen) atoms. The van der Waals surface area contributed by atoms with Crippen LogP contribution in [0.4, 0.5) is 0 Å². The van der Waals surface area contributed by atoms with Crippen LogP contribution >= 0.6 is 35.4 Å². The van der Waals surface area contributed by atoms with Crippen molar-refractivity contribution in [2.45, 2.75) is 32.5 Å². The van der Waals surface area contributed by atoms with Crippen molar-refractivity contribution in [2.75, 3.05) is 0 Å². The summed E-state index contributed by atoms with van der Waals surface area (Å²) < 4.78 is 2.15. The van der Waals surface area contributed by atoms with Crippen LogP contribution in [0.25, 0.3) is 5.69 Å². The molecule has 1 N–H and O–H groups in total. The fourth-order valence-corrected chi connectivity index (χ4v) is 5.39. The topological polar surface area (TPSA) is 46.0 Å². The van der Waals surface area contributed by atoms with Crippen molar-refractivity contribution in [1.29, 1.82) is 0 Å². The maximum atomic E-state index is 6.61. The standard InChI is InChI=1S/C26H23Cl2N5S/c1-16-14-19(17(2)33(16)22-11-7-9-20(27)23(22)28)25-24(21-10-4-6-13-30-21)31-26(34)32(25)15-18-8-3-5-12-29-18/h3-14,24-25H,15H2,1-2H3,(H,31,34)/t24-,25+/m1/s1. The summed E-state index contributed by atoms with van der Waals surface area (Å²) >= 11 is 18.8. The number of rotatable bonds is 5. The van der Waals surface area contributed by atoms with Crippen LogP contribution in [0.5, 0.6) is 0 Å². The Morgan fingerprint density at radius 1 is 0.971 bits per heavy atom. The first kappa shape index (κ1) is 22.8. The van der Waals surface area contributed by atoms with Gasteiger partial charge in [0.1, 0.15) is 0 Å². The zero-order chi connectivity index (χ0) is 23.8. The van der Waals surface area contributed by atoms with E-state index in [0.29, 0.717) is 21.7 Å². The number of hydrogen-bond donors (Lipinski definition) is 1. The van der Waals surface area contributed by atoms with Gasteiger partial charge in [0.2, 0.25) is 0 Å². The molecule has 0 aliphatic carbocycles. The smallest absolute Gasteiger partial charge is 0.170 e. The largest absolute Gasteiger partial charge is 0.352 e. The molecule has 0 bridgehead atoms. The highest BCUT2D eigenvalue weighted by Crippen LogP contribution is 2.42. The van der Waals surface area contributed by atoms with E-state index < -0.39 is 0 Å². The number of halogens is 2. The number of pyridine rings is 2. The van der Waals surface area contributed by atoms with Gasteiger partial charge in [0.25, 0.3) is 0 Å². The highest BCUT2D eigenvalue weighted by atomic mass is 35.5. The molecule has 0 radical (unpaired) electrons. The van der Waals surface area contributed by atoms with E-state index in [9.17, 15) is 0 Å². The molecule has 0 saturated carbocycles. The van der Waals surface area contributed by atoms with E-state index in [-0.39, 0.29) is 12.1 Å². The van der Waals surface area contributed by atoms with Gasteiger partial charge in [0, 0.05) is 23.8 Å². The van der Waals surface area contributed by atoms with Crippen LogP contribution in [0.15, 0.2) is 73.1 Å². The first-order valence-electron chi connectivity index (χ1n) is 11.0. The minimum Gasteiger partial charge on any atom is -0.352 e. The summed E-state index contributed by atoms with van der Waals surface area (Å²) in [6.07, 6.45) is 3.62. The highest BCUT2D eigenvalue weighted by Gasteiger charge is 2.41. The monoisotopic (exact) mass is 507 g/mol. The number of nitrogens with one attached hydrogen (secondary N) is 1. The molecule has 4 heterocycles. The molecule has 0 spiro atoms. The van der Waals surface area contributed by atoms with Crippen molar-refractivity contribution >= 4 is 40.5 Å². The lowest BCUT2D eigenvalue weighted by molar-refractivity contribution is 0.307. The van der Waals surface area contributed by atoms with E-state index in [4.69, 9.17) is 35.4 Å². The summed E-state index contributed by atoms with van der Waals surface area (Å²) in [5, 5.41) is 5.25. The van der Waals surface area contributed by atoms with Gasteiger partial charge in [-0.2, -0.15) is 0 Å². The Morgan fingerprint density at radius 2 is 1.74 bits per heavy atom. The van der Waals surface area contributed by atoms with E-state index in [2.05, 4.69) is 44.7 Å². The highest BCUT2D eigenvalue weighted by molar-refractivity contribution is 7.80. The summed E-state index contributed by atoms with van der Waals surface area (Å²) in [7, 11) is 0. The molecule has 0 unspecified atom stereocenters. The van der Waals surface area contributed by atoms with Crippen LogP contribution in [0.3, 0.4) is 0 Å². The van der Waals surface area contributed by atoms with Gasteiger partial charge >= 0.3 is 0 Å². The van der Waals surface area contributed by atoms with Crippen LogP contribution in [0, 0.1) is 13.8 Å². The molecule has 8 heteroatoms. The summed E-state index contributed by atoms with van der Waals surface area (Å²) in [5.74, 6) is 0. The molecule has 172 valence electrons. The van der Waals surface area contributed by atoms with E-state index >= 15 is 0 Å². The van der Waals surface area contributed by atoms with Crippen molar-refractivity contribution in [3.8, 4) is 5.69 Å². The third kappa shape index (κ3) is 4.06.